The molecule has 13 nitrogen and oxygen atoms in total. The number of aromatic hydroxyl groups is 1. The van der Waals surface area contributed by atoms with Crippen molar-refractivity contribution >= 4 is 28.9 Å². The van der Waals surface area contributed by atoms with Gasteiger partial charge in [0.2, 0.25) is 5.82 Å². The van der Waals surface area contributed by atoms with E-state index in [-0.39, 0.29) is 23.7 Å². The van der Waals surface area contributed by atoms with Crippen LogP contribution < -0.4 is 20.9 Å². The molecule has 2 saturated heterocycles. The highest BCUT2D eigenvalue weighted by atomic mass is 16.3. The molecule has 1 amide bonds. The second-order valence-electron chi connectivity index (χ2n) is 10.7. The van der Waals surface area contributed by atoms with Crippen molar-refractivity contribution in [3.63, 3.8) is 0 Å². The van der Waals surface area contributed by atoms with E-state index in [0.29, 0.717) is 47.2 Å². The standard InChI is InChI=1S/C31H29N11O2/c32-30-25(16-23(37-38-30)22-6-1-2-7-26(22)43)40-18-20-9-10-21(19-40)42(20)28-11-14-33-27(36-28)8-3-4-12-35-31(44)24-17-29-34-13-5-15-41(29)39-24/h1-2,5-7,11,13-17,20-21,43H,4,9-10,12,18-19H2,(H2,32,38)(H,35,44)/t20-,21+. The van der Waals surface area contributed by atoms with Crippen LogP contribution in [0, 0.1) is 11.8 Å². The summed E-state index contributed by atoms with van der Waals surface area (Å²) >= 11 is 0. The number of phenolic OH excluding ortho intramolecular Hbond substituents is 1. The second kappa shape index (κ2) is 11.5. The molecule has 4 aromatic heterocycles. The molecule has 44 heavy (non-hydrogen) atoms. The van der Waals surface area contributed by atoms with Crippen LogP contribution in [0.5, 0.6) is 5.75 Å². The van der Waals surface area contributed by atoms with Crippen molar-refractivity contribution in [2.45, 2.75) is 31.3 Å². The fourth-order valence-electron chi connectivity index (χ4n) is 5.91. The number of benzene rings is 1. The van der Waals surface area contributed by atoms with Crippen LogP contribution in [-0.4, -0.2) is 77.5 Å². The molecule has 7 rings (SSSR count). The number of hydrogen-bond acceptors (Lipinski definition) is 11. The Morgan fingerprint density at radius 3 is 2.70 bits per heavy atom. The van der Waals surface area contributed by atoms with Crippen molar-refractivity contribution in [3.05, 3.63) is 78.6 Å². The van der Waals surface area contributed by atoms with Crippen molar-refractivity contribution in [2.75, 3.05) is 35.2 Å². The van der Waals surface area contributed by atoms with Gasteiger partial charge in [-0.2, -0.15) is 5.10 Å². The Balaban J connectivity index is 0.993. The molecule has 2 atom stereocenters. The van der Waals surface area contributed by atoms with E-state index in [2.05, 4.69) is 52.2 Å². The van der Waals surface area contributed by atoms with Gasteiger partial charge in [0, 0.05) is 68.4 Å². The minimum Gasteiger partial charge on any atom is -0.507 e. The fourth-order valence-corrected chi connectivity index (χ4v) is 5.91. The Hall–Kier alpha value is -5.77. The fraction of sp³-hybridized carbons (Fsp3) is 0.258. The molecule has 5 aromatic rings. The third kappa shape index (κ3) is 5.29. The van der Waals surface area contributed by atoms with Gasteiger partial charge < -0.3 is 26.0 Å². The molecule has 2 aliphatic heterocycles. The van der Waals surface area contributed by atoms with E-state index in [1.54, 1.807) is 47.4 Å². The summed E-state index contributed by atoms with van der Waals surface area (Å²) in [7, 11) is 0. The number of phenols is 1. The maximum atomic E-state index is 12.4. The van der Waals surface area contributed by atoms with Gasteiger partial charge in [-0.3, -0.25) is 4.79 Å². The van der Waals surface area contributed by atoms with Gasteiger partial charge in [-0.05, 0) is 49.1 Å². The lowest BCUT2D eigenvalue weighted by Gasteiger charge is -2.42. The average Bonchev–Trinajstić information content (AvgIpc) is 3.59. The highest BCUT2D eigenvalue weighted by molar-refractivity contribution is 5.93. The van der Waals surface area contributed by atoms with Gasteiger partial charge in [0.25, 0.3) is 5.91 Å². The summed E-state index contributed by atoms with van der Waals surface area (Å²) in [6.07, 6.45) is 7.63. The SMILES string of the molecule is Nc1nnc(-c2ccccc2O)cc1N1C[C@H]2CC[C@@H](C1)N2c1ccnc(C#CCCNC(=O)c2cc3ncccn3n2)n1. The molecule has 4 N–H and O–H groups in total. The first-order valence-corrected chi connectivity index (χ1v) is 14.4. The number of nitrogen functional groups attached to an aromatic ring is 1. The van der Waals surface area contributed by atoms with Gasteiger partial charge in [-0.1, -0.05) is 18.1 Å². The van der Waals surface area contributed by atoms with E-state index in [0.717, 1.165) is 37.4 Å². The summed E-state index contributed by atoms with van der Waals surface area (Å²) < 4.78 is 1.56. The normalized spacial score (nSPS) is 17.4. The molecule has 0 radical (unpaired) electrons. The summed E-state index contributed by atoms with van der Waals surface area (Å²) in [5.41, 5.74) is 9.21. The minimum atomic E-state index is -0.274. The average molecular weight is 588 g/mol. The first kappa shape index (κ1) is 27.1. The number of piperazine rings is 1. The van der Waals surface area contributed by atoms with E-state index >= 15 is 0 Å². The third-order valence-electron chi connectivity index (χ3n) is 7.91. The van der Waals surface area contributed by atoms with Gasteiger partial charge in [-0.15, -0.1) is 10.2 Å². The molecule has 6 heterocycles. The van der Waals surface area contributed by atoms with Crippen molar-refractivity contribution in [1.29, 1.82) is 0 Å². The third-order valence-corrected chi connectivity index (χ3v) is 7.91. The first-order chi connectivity index (χ1) is 21.5. The van der Waals surface area contributed by atoms with E-state index in [1.807, 2.05) is 24.3 Å². The monoisotopic (exact) mass is 587 g/mol. The lowest BCUT2D eigenvalue weighted by Crippen LogP contribution is -2.54. The number of hydrogen-bond donors (Lipinski definition) is 3. The number of anilines is 3. The van der Waals surface area contributed by atoms with Gasteiger partial charge >= 0.3 is 0 Å². The summed E-state index contributed by atoms with van der Waals surface area (Å²) in [5, 5.41) is 25.8. The molecular weight excluding hydrogens is 558 g/mol. The van der Waals surface area contributed by atoms with Crippen LogP contribution in [0.25, 0.3) is 16.9 Å². The Morgan fingerprint density at radius 1 is 1.05 bits per heavy atom. The number of rotatable bonds is 6. The molecule has 1 aromatic carbocycles. The summed E-state index contributed by atoms with van der Waals surface area (Å²) in [4.78, 5) is 30.3. The zero-order valence-corrected chi connectivity index (χ0v) is 23.7. The lowest BCUT2D eigenvalue weighted by molar-refractivity contribution is 0.0949. The molecule has 0 unspecified atom stereocenters. The van der Waals surface area contributed by atoms with Crippen molar-refractivity contribution in [2.24, 2.45) is 0 Å². The smallest absolute Gasteiger partial charge is 0.271 e. The Kier molecular flexibility index (Phi) is 7.07. The molecule has 2 bridgehead atoms. The number of carbonyl (C=O) groups excluding carboxylic acids is 1. The molecule has 2 aliphatic rings. The number of carbonyl (C=O) groups is 1. The summed E-state index contributed by atoms with van der Waals surface area (Å²) in [5.74, 6) is 7.63. The lowest BCUT2D eigenvalue weighted by atomic mass is 10.1. The predicted molar refractivity (Wildman–Crippen MR) is 164 cm³/mol. The summed E-state index contributed by atoms with van der Waals surface area (Å²) in [6.45, 7) is 1.87. The van der Waals surface area contributed by atoms with Crippen LogP contribution in [0.2, 0.25) is 0 Å². The Bertz CT molecular complexity index is 1870. The molecule has 2 fully saturated rings. The predicted octanol–water partition coefficient (Wildman–Crippen LogP) is 2.29. The van der Waals surface area contributed by atoms with Crippen molar-refractivity contribution in [1.82, 2.24) is 40.1 Å². The second-order valence-corrected chi connectivity index (χ2v) is 10.7. The zero-order chi connectivity index (χ0) is 30.0. The number of para-hydroxylation sites is 1. The summed E-state index contributed by atoms with van der Waals surface area (Å²) in [6, 6.07) is 14.8. The number of amides is 1. The van der Waals surface area contributed by atoms with Crippen LogP contribution in [0.3, 0.4) is 0 Å². The minimum absolute atomic E-state index is 0.149. The van der Waals surface area contributed by atoms with Crippen LogP contribution >= 0.6 is 0 Å². The van der Waals surface area contributed by atoms with Crippen molar-refractivity contribution < 1.29 is 9.90 Å². The Morgan fingerprint density at radius 2 is 1.89 bits per heavy atom. The van der Waals surface area contributed by atoms with E-state index in [9.17, 15) is 9.90 Å². The topological polar surface area (TPSA) is 164 Å². The number of nitrogens with one attached hydrogen (secondary N) is 1. The van der Waals surface area contributed by atoms with Gasteiger partial charge in [0.15, 0.2) is 17.2 Å². The molecule has 0 spiro atoms. The number of fused-ring (bicyclic) bond motifs is 3. The zero-order valence-electron chi connectivity index (χ0n) is 23.7. The largest absolute Gasteiger partial charge is 0.507 e. The van der Waals surface area contributed by atoms with Crippen LogP contribution in [0.15, 0.2) is 67.1 Å². The van der Waals surface area contributed by atoms with E-state index < -0.39 is 0 Å². The van der Waals surface area contributed by atoms with Crippen LogP contribution in [0.4, 0.5) is 17.3 Å². The quantitative estimate of drug-likeness (QED) is 0.197. The highest BCUT2D eigenvalue weighted by Gasteiger charge is 2.41. The number of nitrogens with zero attached hydrogens (tertiary/aromatic N) is 9. The van der Waals surface area contributed by atoms with E-state index in [4.69, 9.17) is 10.7 Å². The van der Waals surface area contributed by atoms with Crippen LogP contribution in [-0.2, 0) is 0 Å². The number of nitrogens with two attached hydrogens (primary N) is 1. The van der Waals surface area contributed by atoms with Gasteiger partial charge in [0.05, 0.1) is 11.4 Å². The maximum absolute atomic E-state index is 12.4. The Labute approximate surface area is 252 Å². The first-order valence-electron chi connectivity index (χ1n) is 14.4. The van der Waals surface area contributed by atoms with E-state index in [1.165, 1.54) is 0 Å². The van der Waals surface area contributed by atoms with Gasteiger partial charge in [-0.25, -0.2) is 19.5 Å². The molecule has 13 heteroatoms. The molecule has 220 valence electrons. The van der Waals surface area contributed by atoms with Crippen molar-refractivity contribution in [3.8, 4) is 28.8 Å². The van der Waals surface area contributed by atoms with Gasteiger partial charge in [0.1, 0.15) is 11.6 Å². The maximum Gasteiger partial charge on any atom is 0.271 e. The molecular formula is C31H29N11O2. The highest BCUT2D eigenvalue weighted by Crippen LogP contribution is 2.38. The van der Waals surface area contributed by atoms with Crippen LogP contribution in [0.1, 0.15) is 35.6 Å². The molecule has 0 saturated carbocycles. The number of aromatic nitrogens is 7. The molecule has 0 aliphatic carbocycles.